The van der Waals surface area contributed by atoms with Crippen molar-refractivity contribution >= 4 is 10.0 Å². The van der Waals surface area contributed by atoms with Gasteiger partial charge in [0, 0.05) is 10.00 Å². The van der Waals surface area contributed by atoms with Gasteiger partial charge in [-0.1, -0.05) is 13.8 Å². The average Bonchev–Trinajstić information content (AvgIpc) is 2.12. The summed E-state index contributed by atoms with van der Waals surface area (Å²) in [5, 5.41) is 2.45. The summed E-state index contributed by atoms with van der Waals surface area (Å²) >= 11 is 0. The molecule has 0 spiro atoms. The van der Waals surface area contributed by atoms with Crippen LogP contribution in [-0.4, -0.2) is 21.5 Å². The zero-order valence-corrected chi connectivity index (χ0v) is 7.87. The summed E-state index contributed by atoms with van der Waals surface area (Å²) < 4.78 is 0.915. The maximum atomic E-state index is 2.61. The Bertz CT molecular complexity index is 213. The van der Waals surface area contributed by atoms with Crippen molar-refractivity contribution in [2.45, 2.75) is 41.9 Å². The van der Waals surface area contributed by atoms with E-state index in [1.54, 1.807) is 6.42 Å². The Balaban J connectivity index is 1.98. The Labute approximate surface area is 64.7 Å². The maximum absolute atomic E-state index is 2.61. The summed E-state index contributed by atoms with van der Waals surface area (Å²) in [7, 11) is -0.00984. The van der Waals surface area contributed by atoms with Crippen LogP contribution in [-0.2, 0) is 0 Å². The molecule has 2 saturated heterocycles. The lowest BCUT2D eigenvalue weighted by atomic mass is 9.74. The minimum Gasteiger partial charge on any atom is -0.230 e. The molecule has 0 amide bonds. The van der Waals surface area contributed by atoms with Gasteiger partial charge in [0.15, 0.2) is 0 Å². The van der Waals surface area contributed by atoms with Crippen LogP contribution in [0, 0.1) is 5.92 Å². The highest BCUT2D eigenvalue weighted by Crippen LogP contribution is 3.02. The molecule has 10 heavy (non-hydrogen) atoms. The second-order valence-electron chi connectivity index (χ2n) is 4.60. The van der Waals surface area contributed by atoms with Gasteiger partial charge in [-0.15, -0.1) is 0 Å². The number of hydrogen-bond donors (Lipinski definition) is 0. The van der Waals surface area contributed by atoms with Crippen LogP contribution in [0.3, 0.4) is 0 Å². The van der Waals surface area contributed by atoms with E-state index in [2.05, 4.69) is 20.1 Å². The van der Waals surface area contributed by atoms with Crippen LogP contribution >= 0.6 is 10.0 Å². The van der Waals surface area contributed by atoms with E-state index >= 15 is 0 Å². The van der Waals surface area contributed by atoms with Crippen molar-refractivity contribution in [3.05, 3.63) is 0 Å². The van der Waals surface area contributed by atoms with Crippen LogP contribution in [0.15, 0.2) is 0 Å². The van der Waals surface area contributed by atoms with Crippen LogP contribution in [0.5, 0.6) is 0 Å². The molecule has 0 aromatic heterocycles. The van der Waals surface area contributed by atoms with Gasteiger partial charge in [0.25, 0.3) is 0 Å². The summed E-state index contributed by atoms with van der Waals surface area (Å²) in [6, 6.07) is 0. The van der Waals surface area contributed by atoms with Crippen molar-refractivity contribution in [2.24, 2.45) is 5.92 Å². The first kappa shape index (κ1) is 5.93. The zero-order valence-electron chi connectivity index (χ0n) is 7.05. The molecule has 58 valence electrons. The second-order valence-corrected chi connectivity index (χ2v) is 8.74. The standard InChI is InChI=1S/C9H16S/c1-4-7-6-5-9(2)8(6)10(7,9)3/h6-8H,4-5H2,1-3H3. The predicted octanol–water partition coefficient (Wildman–Crippen LogP) is 2.37. The second kappa shape index (κ2) is 1.20. The minimum absolute atomic E-state index is 0.00984. The summed E-state index contributed by atoms with van der Waals surface area (Å²) in [5.41, 5.74) is 0. The molecule has 0 aromatic rings. The van der Waals surface area contributed by atoms with Crippen LogP contribution < -0.4 is 0 Å². The topological polar surface area (TPSA) is 0 Å². The van der Waals surface area contributed by atoms with Gasteiger partial charge >= 0.3 is 0 Å². The summed E-state index contributed by atoms with van der Waals surface area (Å²) in [6.45, 7) is 4.93. The highest BCUT2D eigenvalue weighted by molar-refractivity contribution is 8.43. The normalized spacial score (nSPS) is 81.7. The molecule has 0 N–H and O–H groups in total. The van der Waals surface area contributed by atoms with Crippen molar-refractivity contribution in [1.29, 1.82) is 0 Å². The third kappa shape index (κ3) is 0.277. The Hall–Kier alpha value is 0.350. The first-order valence-corrected chi connectivity index (χ1v) is 6.58. The van der Waals surface area contributed by atoms with Gasteiger partial charge in [0.2, 0.25) is 0 Å². The first-order valence-electron chi connectivity index (χ1n) is 4.42. The first-order chi connectivity index (χ1) is 4.66. The van der Waals surface area contributed by atoms with Gasteiger partial charge in [-0.25, -0.2) is 10.0 Å². The lowest BCUT2D eigenvalue weighted by Gasteiger charge is -2.43. The molecule has 5 unspecified atom stereocenters. The van der Waals surface area contributed by atoms with E-state index in [0.29, 0.717) is 0 Å². The van der Waals surface area contributed by atoms with Gasteiger partial charge in [-0.05, 0) is 30.3 Å². The van der Waals surface area contributed by atoms with Crippen molar-refractivity contribution in [3.8, 4) is 0 Å². The molecule has 1 heteroatoms. The third-order valence-corrected chi connectivity index (χ3v) is 10.7. The van der Waals surface area contributed by atoms with E-state index in [1.807, 2.05) is 0 Å². The molecule has 0 aromatic carbocycles. The van der Waals surface area contributed by atoms with Gasteiger partial charge < -0.3 is 0 Å². The molecule has 1 saturated carbocycles. The van der Waals surface area contributed by atoms with Crippen molar-refractivity contribution in [3.63, 3.8) is 0 Å². The van der Waals surface area contributed by atoms with E-state index in [9.17, 15) is 0 Å². The highest BCUT2D eigenvalue weighted by atomic mass is 32.3. The molecule has 1 aliphatic carbocycles. The predicted molar refractivity (Wildman–Crippen MR) is 47.9 cm³/mol. The maximum Gasteiger partial charge on any atom is 0.00883 e. The monoisotopic (exact) mass is 156 g/mol. The number of fused-ring (bicyclic) bond motifs is 1. The molecule has 5 atom stereocenters. The summed E-state index contributed by atoms with van der Waals surface area (Å²) in [6.07, 6.45) is 5.68. The highest BCUT2D eigenvalue weighted by Gasteiger charge is 2.88. The van der Waals surface area contributed by atoms with E-state index < -0.39 is 0 Å². The van der Waals surface area contributed by atoms with Crippen molar-refractivity contribution < 1.29 is 0 Å². The molecule has 2 aliphatic heterocycles. The number of rotatable bonds is 1. The van der Waals surface area contributed by atoms with Gasteiger partial charge in [0.1, 0.15) is 0 Å². The molecule has 3 rings (SSSR count). The van der Waals surface area contributed by atoms with Gasteiger partial charge in [-0.3, -0.25) is 0 Å². The Morgan fingerprint density at radius 3 is 2.50 bits per heavy atom. The molecular weight excluding hydrogens is 140 g/mol. The third-order valence-electron chi connectivity index (χ3n) is 4.62. The lowest BCUT2D eigenvalue weighted by Crippen LogP contribution is -2.40. The van der Waals surface area contributed by atoms with E-state index in [0.717, 1.165) is 4.75 Å². The molecule has 2 heterocycles. The largest absolute Gasteiger partial charge is 0.230 e. The van der Waals surface area contributed by atoms with Crippen LogP contribution in [0.4, 0.5) is 0 Å². The fraction of sp³-hybridized carbons (Fsp3) is 1.00. The quantitative estimate of drug-likeness (QED) is 0.511. The van der Waals surface area contributed by atoms with Crippen molar-refractivity contribution in [2.75, 3.05) is 6.26 Å². The van der Waals surface area contributed by atoms with E-state index in [4.69, 9.17) is 0 Å². The molecule has 3 aliphatic rings. The smallest absolute Gasteiger partial charge is 0.00883 e. The SMILES string of the molecule is CCC1C2CC3(C)C2S13C. The molecule has 0 bridgehead atoms. The fourth-order valence-corrected chi connectivity index (χ4v) is 10.3. The van der Waals surface area contributed by atoms with Crippen LogP contribution in [0.25, 0.3) is 0 Å². The van der Waals surface area contributed by atoms with Gasteiger partial charge in [0.05, 0.1) is 0 Å². The average molecular weight is 156 g/mol. The molecule has 3 fully saturated rings. The Morgan fingerprint density at radius 2 is 2.30 bits per heavy atom. The molecule has 0 nitrogen and oxygen atoms in total. The summed E-state index contributed by atoms with van der Waals surface area (Å²) in [4.78, 5) is 0. The molecule has 0 radical (unpaired) electrons. The zero-order chi connectivity index (χ0) is 7.15. The Morgan fingerprint density at radius 1 is 1.60 bits per heavy atom. The van der Waals surface area contributed by atoms with Gasteiger partial charge in [-0.2, -0.15) is 0 Å². The minimum atomic E-state index is -0.00984. The van der Waals surface area contributed by atoms with E-state index in [-0.39, 0.29) is 10.0 Å². The van der Waals surface area contributed by atoms with Crippen LogP contribution in [0.2, 0.25) is 0 Å². The lowest BCUT2D eigenvalue weighted by molar-refractivity contribution is 0.305. The number of hydrogen-bond acceptors (Lipinski definition) is 0. The summed E-state index contributed by atoms with van der Waals surface area (Å²) in [5.74, 6) is 1.20. The molecular formula is C9H16S. The Kier molecular flexibility index (Phi) is 0.709. The van der Waals surface area contributed by atoms with Crippen molar-refractivity contribution in [1.82, 2.24) is 0 Å². The fourth-order valence-electron chi connectivity index (χ4n) is 4.07. The van der Waals surface area contributed by atoms with E-state index in [1.165, 1.54) is 22.8 Å². The van der Waals surface area contributed by atoms with Crippen LogP contribution in [0.1, 0.15) is 26.7 Å².